The number of esters is 1. The van der Waals surface area contributed by atoms with E-state index in [1.165, 1.54) is 7.11 Å². The number of carbonyl (C=O) groups excluding carboxylic acids is 1. The van der Waals surface area contributed by atoms with Crippen LogP contribution in [0.5, 0.6) is 0 Å². The molecule has 2 rings (SSSR count). The summed E-state index contributed by atoms with van der Waals surface area (Å²) >= 11 is 17.8. The summed E-state index contributed by atoms with van der Waals surface area (Å²) in [5, 5.41) is 1.84. The van der Waals surface area contributed by atoms with Gasteiger partial charge >= 0.3 is 35.5 Å². The fourth-order valence-corrected chi connectivity index (χ4v) is 2.68. The Bertz CT molecular complexity index is 605. The number of benzene rings is 2. The summed E-state index contributed by atoms with van der Waals surface area (Å²) < 4.78 is 2.98. The van der Waals surface area contributed by atoms with Crippen molar-refractivity contribution < 1.29 is 9.53 Å². The van der Waals surface area contributed by atoms with Crippen molar-refractivity contribution in [1.82, 2.24) is 0 Å². The molecule has 0 aliphatic carbocycles. The number of carbonyl (C=O) groups is 1. The van der Waals surface area contributed by atoms with Gasteiger partial charge in [0.2, 0.25) is 3.79 Å². The molecule has 0 saturated carbocycles. The zero-order chi connectivity index (χ0) is 14.0. The Kier molecular flexibility index (Phi) is 6.65. The summed E-state index contributed by atoms with van der Waals surface area (Å²) in [6.45, 7) is 0. The van der Waals surface area contributed by atoms with Gasteiger partial charge in [-0.25, -0.2) is 0 Å². The van der Waals surface area contributed by atoms with Gasteiger partial charge in [-0.2, -0.15) is 0 Å². The molecule has 102 valence electrons. The van der Waals surface area contributed by atoms with Gasteiger partial charge in [-0.05, 0) is 16.3 Å². The Balaban J connectivity index is 0.00000200. The topological polar surface area (TPSA) is 26.3 Å². The van der Waals surface area contributed by atoms with Gasteiger partial charge in [0.25, 0.3) is 0 Å². The number of hydrogen-bond donors (Lipinski definition) is 0. The summed E-state index contributed by atoms with van der Waals surface area (Å²) in [5.74, 6) is -1.54. The van der Waals surface area contributed by atoms with E-state index in [2.05, 4.69) is 0 Å². The molecular weight excluding hydrogens is 330 g/mol. The summed E-state index contributed by atoms with van der Waals surface area (Å²) in [6, 6.07) is 13.1. The van der Waals surface area contributed by atoms with Gasteiger partial charge in [-0.15, -0.1) is 0 Å². The third kappa shape index (κ3) is 3.82. The molecule has 0 aromatic heterocycles. The van der Waals surface area contributed by atoms with Crippen LogP contribution in [-0.2, 0) is 9.53 Å². The van der Waals surface area contributed by atoms with Gasteiger partial charge in [0.15, 0.2) is 0 Å². The number of ether oxygens (including phenoxy) is 1. The van der Waals surface area contributed by atoms with E-state index in [1.807, 2.05) is 36.4 Å². The fraction of sp³-hybridized carbons (Fsp3) is 0.214. The molecule has 2 aromatic carbocycles. The molecule has 0 amide bonds. The van der Waals surface area contributed by atoms with E-state index < -0.39 is 15.7 Å². The van der Waals surface area contributed by atoms with E-state index in [0.29, 0.717) is 5.56 Å². The maximum absolute atomic E-state index is 11.9. The van der Waals surface area contributed by atoms with Crippen LogP contribution in [0.4, 0.5) is 0 Å². The molecule has 6 heteroatoms. The van der Waals surface area contributed by atoms with Crippen molar-refractivity contribution in [3.05, 3.63) is 48.0 Å². The molecule has 0 saturated heterocycles. The summed E-state index contributed by atoms with van der Waals surface area (Å²) in [4.78, 5) is 11.9. The van der Waals surface area contributed by atoms with Crippen LogP contribution in [0.1, 0.15) is 11.5 Å². The molecule has 0 aliphatic rings. The van der Waals surface area contributed by atoms with Crippen LogP contribution in [-0.4, -0.2) is 46.4 Å². The molecular formula is C14H12Cl3NaO2. The van der Waals surface area contributed by atoms with Gasteiger partial charge in [-0.1, -0.05) is 77.3 Å². The molecule has 2 aromatic rings. The van der Waals surface area contributed by atoms with Gasteiger partial charge < -0.3 is 4.74 Å². The number of halogens is 3. The Labute approximate surface area is 154 Å². The second-order valence-corrected chi connectivity index (χ2v) is 6.44. The molecule has 0 bridgehead atoms. The van der Waals surface area contributed by atoms with Crippen LogP contribution in [0.15, 0.2) is 42.5 Å². The minimum atomic E-state index is -1.77. The minimum absolute atomic E-state index is 0. The average Bonchev–Trinajstić information content (AvgIpc) is 2.37. The van der Waals surface area contributed by atoms with Crippen molar-refractivity contribution in [3.63, 3.8) is 0 Å². The van der Waals surface area contributed by atoms with E-state index in [0.717, 1.165) is 10.8 Å². The van der Waals surface area contributed by atoms with Crippen LogP contribution >= 0.6 is 34.8 Å². The first-order valence-electron chi connectivity index (χ1n) is 5.57. The number of rotatable bonds is 2. The van der Waals surface area contributed by atoms with Crippen LogP contribution < -0.4 is 0 Å². The van der Waals surface area contributed by atoms with Crippen LogP contribution in [0.25, 0.3) is 10.8 Å². The summed E-state index contributed by atoms with van der Waals surface area (Å²) in [7, 11) is 1.27. The van der Waals surface area contributed by atoms with Crippen molar-refractivity contribution in [2.24, 2.45) is 0 Å². The molecule has 20 heavy (non-hydrogen) atoms. The second kappa shape index (κ2) is 7.35. The van der Waals surface area contributed by atoms with Crippen molar-refractivity contribution in [1.29, 1.82) is 0 Å². The quantitative estimate of drug-likeness (QED) is 0.471. The Hall–Kier alpha value is 0.0400. The molecule has 0 heterocycles. The van der Waals surface area contributed by atoms with Crippen LogP contribution in [0.2, 0.25) is 0 Å². The normalized spacial score (nSPS) is 12.6. The third-order valence-electron chi connectivity index (χ3n) is 2.90. The zero-order valence-corrected chi connectivity index (χ0v) is 12.3. The number of alkyl halides is 3. The Morgan fingerprint density at radius 2 is 1.70 bits per heavy atom. The van der Waals surface area contributed by atoms with E-state index in [-0.39, 0.29) is 29.6 Å². The first-order valence-corrected chi connectivity index (χ1v) is 6.70. The van der Waals surface area contributed by atoms with Crippen LogP contribution in [0.3, 0.4) is 0 Å². The average molecular weight is 342 g/mol. The van der Waals surface area contributed by atoms with Gasteiger partial charge in [-0.3, -0.25) is 4.79 Å². The predicted molar refractivity (Wildman–Crippen MR) is 86.1 cm³/mol. The molecule has 0 N–H and O–H groups in total. The van der Waals surface area contributed by atoms with Crippen LogP contribution in [0, 0.1) is 0 Å². The van der Waals surface area contributed by atoms with Gasteiger partial charge in [0, 0.05) is 0 Å². The predicted octanol–water partition coefficient (Wildman–Crippen LogP) is 3.82. The fourth-order valence-electron chi connectivity index (χ4n) is 2.06. The zero-order valence-electron chi connectivity index (χ0n) is 10.1. The Morgan fingerprint density at radius 1 is 1.10 bits per heavy atom. The number of methoxy groups -OCH3 is 1. The van der Waals surface area contributed by atoms with E-state index in [9.17, 15) is 4.79 Å². The van der Waals surface area contributed by atoms with Crippen molar-refractivity contribution in [2.75, 3.05) is 7.11 Å². The summed E-state index contributed by atoms with van der Waals surface area (Å²) in [5.41, 5.74) is 0.643. The van der Waals surface area contributed by atoms with E-state index >= 15 is 0 Å². The molecule has 2 nitrogen and oxygen atoms in total. The molecule has 1 atom stereocenters. The molecule has 0 aliphatic heterocycles. The van der Waals surface area contributed by atoms with Crippen molar-refractivity contribution >= 4 is 81.1 Å². The monoisotopic (exact) mass is 340 g/mol. The van der Waals surface area contributed by atoms with E-state index in [4.69, 9.17) is 39.5 Å². The third-order valence-corrected chi connectivity index (χ3v) is 3.55. The van der Waals surface area contributed by atoms with E-state index in [1.54, 1.807) is 6.07 Å². The second-order valence-electron chi connectivity index (χ2n) is 4.07. The molecule has 0 fully saturated rings. The molecule has 1 unspecified atom stereocenters. The maximum atomic E-state index is 11.9. The number of hydrogen-bond acceptors (Lipinski definition) is 2. The SMILES string of the molecule is COC(=O)C(c1cccc2ccccc12)C(Cl)(Cl)Cl.[NaH]. The van der Waals surface area contributed by atoms with Gasteiger partial charge in [0.1, 0.15) is 5.92 Å². The first kappa shape index (κ1) is 18.1. The standard InChI is InChI=1S/C14H11Cl3O2.Na.H/c1-19-13(18)12(14(15,16)17)11-8-4-6-9-5-2-3-7-10(9)11;;/h2-8,12H,1H3;;. The van der Waals surface area contributed by atoms with Crippen molar-refractivity contribution in [3.8, 4) is 0 Å². The molecule has 0 radical (unpaired) electrons. The first-order chi connectivity index (χ1) is 8.95. The molecule has 0 spiro atoms. The summed E-state index contributed by atoms with van der Waals surface area (Å²) in [6.07, 6.45) is 0. The van der Waals surface area contributed by atoms with Crippen molar-refractivity contribution in [2.45, 2.75) is 9.71 Å². The van der Waals surface area contributed by atoms with Gasteiger partial charge in [0.05, 0.1) is 7.11 Å². The number of fused-ring (bicyclic) bond motifs is 1. The Morgan fingerprint density at radius 3 is 2.30 bits per heavy atom.